The monoisotopic (exact) mass is 321 g/mol. The predicted molar refractivity (Wildman–Crippen MR) is 86.5 cm³/mol. The van der Waals surface area contributed by atoms with Gasteiger partial charge in [0.25, 0.3) is 0 Å². The number of anilines is 2. The second-order valence-electron chi connectivity index (χ2n) is 4.69. The lowest BCUT2D eigenvalue weighted by molar-refractivity contribution is 0.217. The van der Waals surface area contributed by atoms with Crippen LogP contribution in [0.4, 0.5) is 11.4 Å². The summed E-state index contributed by atoms with van der Waals surface area (Å²) in [5.41, 5.74) is 2.77. The van der Waals surface area contributed by atoms with Crippen LogP contribution in [-0.2, 0) is 21.3 Å². The highest BCUT2D eigenvalue weighted by Gasteiger charge is 2.09. The van der Waals surface area contributed by atoms with Gasteiger partial charge in [0.15, 0.2) is 0 Å². The number of benzene rings is 1. The quantitative estimate of drug-likeness (QED) is 0.776. The molecule has 0 atom stereocenters. The van der Waals surface area contributed by atoms with Gasteiger partial charge in [-0.1, -0.05) is 12.1 Å². The van der Waals surface area contributed by atoms with Crippen molar-refractivity contribution in [2.45, 2.75) is 6.54 Å². The Morgan fingerprint density at radius 2 is 1.68 bits per heavy atom. The average Bonchev–Trinajstić information content (AvgIpc) is 2.53. The molecule has 0 radical (unpaired) electrons. The van der Waals surface area contributed by atoms with Crippen molar-refractivity contribution in [3.05, 3.63) is 54.4 Å². The number of nitrogens with zero attached hydrogens (tertiary/aromatic N) is 1. The van der Waals surface area contributed by atoms with Crippen molar-refractivity contribution in [1.29, 1.82) is 0 Å². The van der Waals surface area contributed by atoms with E-state index in [1.807, 2.05) is 36.4 Å². The number of nitrogens with one attached hydrogen (secondary N) is 2. The highest BCUT2D eigenvalue weighted by molar-refractivity contribution is 7.89. The highest BCUT2D eigenvalue weighted by atomic mass is 32.2. The van der Waals surface area contributed by atoms with Crippen LogP contribution in [0.3, 0.4) is 0 Å². The van der Waals surface area contributed by atoms with Gasteiger partial charge >= 0.3 is 0 Å². The van der Waals surface area contributed by atoms with Gasteiger partial charge in [-0.15, -0.1) is 0 Å². The van der Waals surface area contributed by atoms with Gasteiger partial charge in [-0.3, -0.25) is 4.98 Å². The van der Waals surface area contributed by atoms with E-state index in [1.54, 1.807) is 12.4 Å². The van der Waals surface area contributed by atoms with Crippen molar-refractivity contribution in [3.63, 3.8) is 0 Å². The third-order valence-corrected chi connectivity index (χ3v) is 4.26. The Morgan fingerprint density at radius 1 is 1.05 bits per heavy atom. The van der Waals surface area contributed by atoms with Crippen LogP contribution in [0.25, 0.3) is 0 Å². The van der Waals surface area contributed by atoms with Gasteiger partial charge in [-0.05, 0) is 29.8 Å². The molecule has 22 heavy (non-hydrogen) atoms. The van der Waals surface area contributed by atoms with Crippen LogP contribution in [0.15, 0.2) is 48.8 Å². The maximum atomic E-state index is 11.7. The summed E-state index contributed by atoms with van der Waals surface area (Å²) in [6.07, 6.45) is 3.43. The summed E-state index contributed by atoms with van der Waals surface area (Å²) in [6, 6.07) is 11.3. The molecule has 118 valence electrons. The minimum absolute atomic E-state index is 0.0365. The summed E-state index contributed by atoms with van der Waals surface area (Å²) in [7, 11) is -1.82. The van der Waals surface area contributed by atoms with Crippen LogP contribution in [0.2, 0.25) is 0 Å². The van der Waals surface area contributed by atoms with Gasteiger partial charge in [0, 0.05) is 37.4 Å². The molecule has 0 fully saturated rings. The molecule has 0 saturated carbocycles. The van der Waals surface area contributed by atoms with E-state index in [4.69, 9.17) is 4.74 Å². The van der Waals surface area contributed by atoms with Crippen molar-refractivity contribution >= 4 is 21.4 Å². The second kappa shape index (κ2) is 7.88. The zero-order valence-electron chi connectivity index (χ0n) is 12.3. The number of pyridine rings is 1. The lowest BCUT2D eigenvalue weighted by Gasteiger charge is -2.09. The zero-order valence-corrected chi connectivity index (χ0v) is 13.1. The predicted octanol–water partition coefficient (Wildman–Crippen LogP) is 1.89. The average molecular weight is 321 g/mol. The molecule has 0 unspecified atom stereocenters. The van der Waals surface area contributed by atoms with Crippen LogP contribution in [0, 0.1) is 0 Å². The van der Waals surface area contributed by atoms with Crippen molar-refractivity contribution in [2.75, 3.05) is 24.8 Å². The molecule has 0 amide bonds. The fourth-order valence-electron chi connectivity index (χ4n) is 1.77. The Balaban J connectivity index is 1.89. The third kappa shape index (κ3) is 5.44. The summed E-state index contributed by atoms with van der Waals surface area (Å²) >= 11 is 0. The Labute approximate surface area is 130 Å². The molecule has 2 rings (SSSR count). The molecule has 0 bridgehead atoms. The van der Waals surface area contributed by atoms with E-state index < -0.39 is 10.0 Å². The van der Waals surface area contributed by atoms with Crippen LogP contribution in [0.1, 0.15) is 5.56 Å². The number of hydrogen-bond acceptors (Lipinski definition) is 5. The smallest absolute Gasteiger partial charge is 0.214 e. The van der Waals surface area contributed by atoms with Crippen LogP contribution in [-0.4, -0.2) is 32.9 Å². The maximum Gasteiger partial charge on any atom is 0.214 e. The summed E-state index contributed by atoms with van der Waals surface area (Å²) in [4.78, 5) is 3.96. The van der Waals surface area contributed by atoms with Crippen molar-refractivity contribution in [3.8, 4) is 0 Å². The van der Waals surface area contributed by atoms with Crippen LogP contribution >= 0.6 is 0 Å². The first kappa shape index (κ1) is 16.4. The minimum atomic E-state index is -3.30. The van der Waals surface area contributed by atoms with Crippen LogP contribution < -0.4 is 10.0 Å². The molecule has 1 aromatic carbocycles. The van der Waals surface area contributed by atoms with Gasteiger partial charge in [0.05, 0.1) is 12.4 Å². The molecule has 2 N–H and O–H groups in total. The molecule has 0 aliphatic heterocycles. The van der Waals surface area contributed by atoms with Gasteiger partial charge in [0.2, 0.25) is 10.0 Å². The Hall–Kier alpha value is -1.96. The van der Waals surface area contributed by atoms with E-state index in [-0.39, 0.29) is 18.9 Å². The Morgan fingerprint density at radius 3 is 2.32 bits per heavy atom. The molecule has 0 saturated heterocycles. The molecule has 2 aromatic rings. The topological polar surface area (TPSA) is 80.3 Å². The number of ether oxygens (including phenoxy) is 1. The molecule has 0 aliphatic carbocycles. The number of hydrogen-bond donors (Lipinski definition) is 2. The molecule has 0 spiro atoms. The Kier molecular flexibility index (Phi) is 5.88. The van der Waals surface area contributed by atoms with Crippen molar-refractivity contribution in [1.82, 2.24) is 9.71 Å². The largest absolute Gasteiger partial charge is 0.384 e. The van der Waals surface area contributed by atoms with Crippen LogP contribution in [0.5, 0.6) is 0 Å². The number of aromatic nitrogens is 1. The first-order chi connectivity index (χ1) is 10.6. The summed E-state index contributed by atoms with van der Waals surface area (Å²) in [5, 5.41) is 3.24. The SMILES string of the molecule is COCCS(=O)(=O)NCc1ccc(Nc2ccncc2)cc1. The molecule has 6 nitrogen and oxygen atoms in total. The standard InChI is InChI=1S/C15H19N3O3S/c1-21-10-11-22(19,20)17-12-13-2-4-14(5-3-13)18-15-6-8-16-9-7-15/h2-9,17H,10-12H2,1H3,(H,16,18). The fourth-order valence-corrected chi connectivity index (χ4v) is 2.68. The number of rotatable bonds is 8. The van der Waals surface area contributed by atoms with E-state index in [1.165, 1.54) is 7.11 Å². The molecule has 1 aromatic heterocycles. The van der Waals surface area contributed by atoms with E-state index >= 15 is 0 Å². The number of sulfonamides is 1. The van der Waals surface area contributed by atoms with Gasteiger partial charge in [-0.25, -0.2) is 13.1 Å². The zero-order chi connectivity index (χ0) is 15.8. The normalized spacial score (nSPS) is 11.3. The van der Waals surface area contributed by atoms with E-state index in [0.29, 0.717) is 0 Å². The molecule has 0 aliphatic rings. The van der Waals surface area contributed by atoms with E-state index in [9.17, 15) is 8.42 Å². The lowest BCUT2D eigenvalue weighted by Crippen LogP contribution is -2.27. The maximum absolute atomic E-state index is 11.7. The summed E-state index contributed by atoms with van der Waals surface area (Å²) in [5.74, 6) is -0.0365. The first-order valence-electron chi connectivity index (χ1n) is 6.81. The second-order valence-corrected chi connectivity index (χ2v) is 6.62. The highest BCUT2D eigenvalue weighted by Crippen LogP contribution is 2.16. The molecular weight excluding hydrogens is 302 g/mol. The minimum Gasteiger partial charge on any atom is -0.384 e. The number of methoxy groups -OCH3 is 1. The first-order valence-corrected chi connectivity index (χ1v) is 8.46. The van der Waals surface area contributed by atoms with Crippen molar-refractivity contribution in [2.24, 2.45) is 0 Å². The third-order valence-electron chi connectivity index (χ3n) is 2.98. The summed E-state index contributed by atoms with van der Waals surface area (Å²) in [6.45, 7) is 0.450. The van der Waals surface area contributed by atoms with E-state index in [0.717, 1.165) is 16.9 Å². The van der Waals surface area contributed by atoms with Gasteiger partial charge in [-0.2, -0.15) is 0 Å². The molecule has 1 heterocycles. The Bertz CT molecular complexity index is 673. The van der Waals surface area contributed by atoms with Gasteiger partial charge in [0.1, 0.15) is 0 Å². The lowest BCUT2D eigenvalue weighted by atomic mass is 10.2. The van der Waals surface area contributed by atoms with E-state index in [2.05, 4.69) is 15.0 Å². The van der Waals surface area contributed by atoms with Gasteiger partial charge < -0.3 is 10.1 Å². The molecule has 7 heteroatoms. The molecular formula is C15H19N3O3S. The van der Waals surface area contributed by atoms with Crippen molar-refractivity contribution < 1.29 is 13.2 Å². The fraction of sp³-hybridized carbons (Fsp3) is 0.267. The summed E-state index contributed by atoms with van der Waals surface area (Å²) < 4.78 is 30.6.